The molecule has 0 aliphatic heterocycles. The maximum atomic E-state index is 5.99. The zero-order valence-electron chi connectivity index (χ0n) is 13.4. The van der Waals surface area contributed by atoms with E-state index in [2.05, 4.69) is 61.4 Å². The zero-order valence-corrected chi connectivity index (χ0v) is 14.2. The van der Waals surface area contributed by atoms with E-state index in [9.17, 15) is 0 Å². The van der Waals surface area contributed by atoms with Crippen LogP contribution in [0.15, 0.2) is 18.2 Å². The molecule has 0 radical (unpaired) electrons. The summed E-state index contributed by atoms with van der Waals surface area (Å²) in [7, 11) is 1.84. The van der Waals surface area contributed by atoms with Crippen LogP contribution in [-0.4, -0.2) is 17.2 Å². The quantitative estimate of drug-likeness (QED) is 0.906. The molecular weight excluding hydrogens is 282 g/mol. The summed E-state index contributed by atoms with van der Waals surface area (Å²) in [6.45, 7) is 9.24. The fourth-order valence-electron chi connectivity index (χ4n) is 2.06. The van der Waals surface area contributed by atoms with Crippen LogP contribution < -0.4 is 10.1 Å². The fourth-order valence-corrected chi connectivity index (χ4v) is 2.67. The third kappa shape index (κ3) is 3.94. The van der Waals surface area contributed by atoms with Crippen LogP contribution in [-0.2, 0) is 18.4 Å². The summed E-state index contributed by atoms with van der Waals surface area (Å²) in [6.07, 6.45) is 1.03. The summed E-state index contributed by atoms with van der Waals surface area (Å²) in [5.41, 5.74) is 2.62. The van der Waals surface area contributed by atoms with Gasteiger partial charge in [0, 0.05) is 7.05 Å². The lowest BCUT2D eigenvalue weighted by atomic mass is 9.85. The molecule has 2 rings (SSSR count). The van der Waals surface area contributed by atoms with Gasteiger partial charge in [-0.25, -0.2) is 0 Å². The minimum absolute atomic E-state index is 0.0533. The molecular formula is C16H23N3OS. The number of hydrogen-bond donors (Lipinski definition) is 1. The Bertz CT molecular complexity index is 602. The second kappa shape index (κ2) is 6.43. The molecule has 2 aromatic rings. The van der Waals surface area contributed by atoms with Crippen LogP contribution in [0.5, 0.6) is 5.75 Å². The number of aryl methyl sites for hydroxylation is 1. The lowest BCUT2D eigenvalue weighted by Gasteiger charge is -2.23. The van der Waals surface area contributed by atoms with Crippen molar-refractivity contribution in [1.82, 2.24) is 10.2 Å². The molecule has 0 fully saturated rings. The highest BCUT2D eigenvalue weighted by Crippen LogP contribution is 2.33. The van der Waals surface area contributed by atoms with E-state index in [-0.39, 0.29) is 5.41 Å². The molecule has 21 heavy (non-hydrogen) atoms. The number of rotatable bonds is 5. The van der Waals surface area contributed by atoms with E-state index in [4.69, 9.17) is 4.74 Å². The van der Waals surface area contributed by atoms with E-state index >= 15 is 0 Å². The van der Waals surface area contributed by atoms with Gasteiger partial charge in [-0.3, -0.25) is 0 Å². The first kappa shape index (κ1) is 15.8. The van der Waals surface area contributed by atoms with Gasteiger partial charge < -0.3 is 10.1 Å². The number of nitrogens with one attached hydrogen (secondary N) is 1. The second-order valence-electron chi connectivity index (χ2n) is 5.97. The van der Waals surface area contributed by atoms with E-state index in [1.54, 1.807) is 0 Å². The highest BCUT2D eigenvalue weighted by molar-refractivity contribution is 7.15. The Labute approximate surface area is 130 Å². The summed E-state index contributed by atoms with van der Waals surface area (Å²) in [5, 5.41) is 12.8. The van der Waals surface area contributed by atoms with Gasteiger partial charge in [0.15, 0.2) is 5.01 Å². The third-order valence-electron chi connectivity index (χ3n) is 3.29. The maximum Gasteiger partial charge on any atom is 0.205 e. The van der Waals surface area contributed by atoms with Crippen LogP contribution in [0.2, 0.25) is 0 Å². The van der Waals surface area contributed by atoms with Crippen molar-refractivity contribution >= 4 is 16.5 Å². The summed E-state index contributed by atoms with van der Waals surface area (Å²) >= 11 is 1.51. The Morgan fingerprint density at radius 1 is 1.24 bits per heavy atom. The molecule has 1 aromatic carbocycles. The van der Waals surface area contributed by atoms with Crippen molar-refractivity contribution in [2.45, 2.75) is 46.1 Å². The van der Waals surface area contributed by atoms with E-state index in [0.29, 0.717) is 6.61 Å². The summed E-state index contributed by atoms with van der Waals surface area (Å²) in [5.74, 6) is 0.931. The van der Waals surface area contributed by atoms with Gasteiger partial charge in [0.2, 0.25) is 5.13 Å². The smallest absolute Gasteiger partial charge is 0.205 e. The average Bonchev–Trinajstić information content (AvgIpc) is 2.92. The lowest BCUT2D eigenvalue weighted by molar-refractivity contribution is 0.296. The van der Waals surface area contributed by atoms with Crippen LogP contribution in [0.25, 0.3) is 0 Å². The topological polar surface area (TPSA) is 47.0 Å². The Hall–Kier alpha value is -1.62. The van der Waals surface area contributed by atoms with Gasteiger partial charge in [0.25, 0.3) is 0 Å². The average molecular weight is 305 g/mol. The Morgan fingerprint density at radius 3 is 2.57 bits per heavy atom. The zero-order chi connectivity index (χ0) is 15.5. The van der Waals surface area contributed by atoms with Crippen LogP contribution >= 0.6 is 11.3 Å². The van der Waals surface area contributed by atoms with Gasteiger partial charge >= 0.3 is 0 Å². The maximum absolute atomic E-state index is 5.99. The minimum Gasteiger partial charge on any atom is -0.486 e. The summed E-state index contributed by atoms with van der Waals surface area (Å²) in [4.78, 5) is 0. The predicted octanol–water partition coefficient (Wildman–Crippen LogP) is 4.02. The van der Waals surface area contributed by atoms with Crippen molar-refractivity contribution in [1.29, 1.82) is 0 Å². The highest BCUT2D eigenvalue weighted by Gasteiger charge is 2.19. The fraction of sp³-hybridized carbons (Fsp3) is 0.500. The molecule has 114 valence electrons. The SMILES string of the molecule is CCc1ccc(OCc2nnc(NC)s2)c(C(C)(C)C)c1. The predicted molar refractivity (Wildman–Crippen MR) is 88.3 cm³/mol. The first-order valence-electron chi connectivity index (χ1n) is 7.20. The molecule has 1 aromatic heterocycles. The monoisotopic (exact) mass is 305 g/mol. The van der Waals surface area contributed by atoms with Crippen molar-refractivity contribution in [2.75, 3.05) is 12.4 Å². The van der Waals surface area contributed by atoms with Crippen LogP contribution in [0.1, 0.15) is 43.8 Å². The minimum atomic E-state index is 0.0533. The third-order valence-corrected chi connectivity index (χ3v) is 4.21. The molecule has 0 amide bonds. The molecule has 0 bridgehead atoms. The van der Waals surface area contributed by atoms with Crippen molar-refractivity contribution in [3.63, 3.8) is 0 Å². The second-order valence-corrected chi connectivity index (χ2v) is 7.04. The molecule has 1 N–H and O–H groups in total. The molecule has 0 spiro atoms. The van der Waals surface area contributed by atoms with Crippen LogP contribution in [0, 0.1) is 0 Å². The standard InChI is InChI=1S/C16H23N3OS/c1-6-11-7-8-13(12(9-11)16(2,3)4)20-10-14-18-19-15(17-5)21-14/h7-9H,6,10H2,1-5H3,(H,17,19). The molecule has 4 nitrogen and oxygen atoms in total. The molecule has 0 atom stereocenters. The highest BCUT2D eigenvalue weighted by atomic mass is 32.1. The first-order chi connectivity index (χ1) is 9.94. The number of anilines is 1. The number of aromatic nitrogens is 2. The Kier molecular flexibility index (Phi) is 4.83. The van der Waals surface area contributed by atoms with Crippen molar-refractivity contribution in [3.8, 4) is 5.75 Å². The molecule has 0 aliphatic carbocycles. The molecule has 0 saturated heterocycles. The first-order valence-corrected chi connectivity index (χ1v) is 8.02. The van der Waals surface area contributed by atoms with Crippen molar-refractivity contribution < 1.29 is 4.74 Å². The van der Waals surface area contributed by atoms with E-state index < -0.39 is 0 Å². The molecule has 0 saturated carbocycles. The lowest BCUT2D eigenvalue weighted by Crippen LogP contribution is -2.14. The van der Waals surface area contributed by atoms with Crippen LogP contribution in [0.4, 0.5) is 5.13 Å². The van der Waals surface area contributed by atoms with Crippen LogP contribution in [0.3, 0.4) is 0 Å². The van der Waals surface area contributed by atoms with Gasteiger partial charge in [0.05, 0.1) is 0 Å². The molecule has 5 heteroatoms. The van der Waals surface area contributed by atoms with E-state index in [1.165, 1.54) is 22.5 Å². The Morgan fingerprint density at radius 2 is 2.00 bits per heavy atom. The van der Waals surface area contributed by atoms with Gasteiger partial charge in [-0.2, -0.15) is 0 Å². The normalized spacial score (nSPS) is 11.5. The number of nitrogens with zero attached hydrogens (tertiary/aromatic N) is 2. The van der Waals surface area contributed by atoms with Gasteiger partial charge in [-0.05, 0) is 29.0 Å². The van der Waals surface area contributed by atoms with E-state index in [0.717, 1.165) is 22.3 Å². The summed E-state index contributed by atoms with van der Waals surface area (Å²) < 4.78 is 5.99. The number of benzene rings is 1. The number of ether oxygens (including phenoxy) is 1. The largest absolute Gasteiger partial charge is 0.486 e. The molecule has 0 unspecified atom stereocenters. The summed E-state index contributed by atoms with van der Waals surface area (Å²) in [6, 6.07) is 6.44. The van der Waals surface area contributed by atoms with Gasteiger partial charge in [-0.15, -0.1) is 10.2 Å². The van der Waals surface area contributed by atoms with E-state index in [1.807, 2.05) is 7.05 Å². The Balaban J connectivity index is 2.19. The number of hydrogen-bond acceptors (Lipinski definition) is 5. The van der Waals surface area contributed by atoms with Crippen molar-refractivity contribution in [3.05, 3.63) is 34.3 Å². The van der Waals surface area contributed by atoms with Gasteiger partial charge in [0.1, 0.15) is 12.4 Å². The molecule has 0 aliphatic rings. The van der Waals surface area contributed by atoms with Gasteiger partial charge in [-0.1, -0.05) is 51.2 Å². The van der Waals surface area contributed by atoms with Crippen molar-refractivity contribution in [2.24, 2.45) is 0 Å². The molecule has 1 heterocycles.